The molecule has 4 nitrogen and oxygen atoms in total. The first-order valence-corrected chi connectivity index (χ1v) is 4.58. The molecule has 78 valence electrons. The van der Waals surface area contributed by atoms with Crippen molar-refractivity contribution in [1.29, 1.82) is 0 Å². The number of nitrogens with zero attached hydrogens (tertiary/aromatic N) is 1. The molecular weight excluding hydrogens is 193 g/mol. The van der Waals surface area contributed by atoms with Gasteiger partial charge in [-0.15, -0.1) is 0 Å². The molecule has 0 saturated carbocycles. The van der Waals surface area contributed by atoms with E-state index in [1.54, 1.807) is 18.2 Å². The second-order valence-electron chi connectivity index (χ2n) is 3.37. The van der Waals surface area contributed by atoms with Gasteiger partial charge >= 0.3 is 88.1 Å². The van der Waals surface area contributed by atoms with E-state index < -0.39 is 5.97 Å². The first-order chi connectivity index (χ1) is 7.13. The van der Waals surface area contributed by atoms with Crippen LogP contribution in [0.15, 0.2) is 24.3 Å². The summed E-state index contributed by atoms with van der Waals surface area (Å²) in [7, 11) is 2.63. The number of rotatable bonds is 5. The average molecular weight is 205 g/mol. The summed E-state index contributed by atoms with van der Waals surface area (Å²) in [5, 5.41) is 8.78. The van der Waals surface area contributed by atoms with Gasteiger partial charge in [0.1, 0.15) is 0 Å². The molecule has 0 atom stereocenters. The summed E-state index contributed by atoms with van der Waals surface area (Å²) >= 11 is 0. The number of carbonyl (C=O) groups is 1. The monoisotopic (exact) mass is 205 g/mol. The Balaban J connectivity index is 2.73. The summed E-state index contributed by atoms with van der Waals surface area (Å²) in [6.45, 7) is 0.569. The Labute approximate surface area is 88.8 Å². The van der Waals surface area contributed by atoms with Crippen molar-refractivity contribution in [3.8, 4) is 0 Å². The van der Waals surface area contributed by atoms with Crippen LogP contribution in [0.5, 0.6) is 0 Å². The van der Waals surface area contributed by atoms with Crippen LogP contribution in [-0.2, 0) is 11.2 Å². The number of carboxylic acid groups (broad SMARTS) is 1. The minimum atomic E-state index is -0.935. The van der Waals surface area contributed by atoms with E-state index in [1.165, 1.54) is 0 Å². The molecule has 0 fully saturated rings. The van der Waals surface area contributed by atoms with Gasteiger partial charge in [0.05, 0.1) is 0 Å². The van der Waals surface area contributed by atoms with E-state index >= 15 is 0 Å². The van der Waals surface area contributed by atoms with Crippen LogP contribution in [0.2, 0.25) is 0 Å². The van der Waals surface area contributed by atoms with Gasteiger partial charge in [-0.25, -0.2) is 0 Å². The maximum atomic E-state index is 10.7. The maximum absolute atomic E-state index is 10.7. The Morgan fingerprint density at radius 2 is 2.27 bits per heavy atom. The van der Waals surface area contributed by atoms with Gasteiger partial charge in [-0.2, -0.15) is 0 Å². The van der Waals surface area contributed by atoms with Crippen molar-refractivity contribution in [2.45, 2.75) is 6.54 Å². The van der Waals surface area contributed by atoms with Crippen LogP contribution in [0.25, 0.3) is 0 Å². The van der Waals surface area contributed by atoms with E-state index in [-0.39, 0.29) is 5.56 Å². The SMILES string of the molecule is CN(CB=O)Cc1cccc(C(=O)O)c1. The van der Waals surface area contributed by atoms with Crippen molar-refractivity contribution in [2.24, 2.45) is 0 Å². The van der Waals surface area contributed by atoms with Crippen molar-refractivity contribution >= 4 is 13.1 Å². The standard InChI is InChI=1S/C10H12BNO3/c1-12(7-11-15)6-8-3-2-4-9(5-8)10(13)14/h2-5H,6-7H2,1H3,(H,13,14). The Morgan fingerprint density at radius 1 is 1.53 bits per heavy atom. The zero-order chi connectivity index (χ0) is 11.3. The molecule has 0 spiro atoms. The number of hydrogen-bond donors (Lipinski definition) is 1. The molecule has 0 heterocycles. The number of carboxylic acids is 1. The van der Waals surface area contributed by atoms with Gasteiger partial charge in [0.2, 0.25) is 0 Å². The van der Waals surface area contributed by atoms with Crippen LogP contribution >= 0.6 is 0 Å². The predicted molar refractivity (Wildman–Crippen MR) is 56.2 cm³/mol. The molecular formula is C10H12BNO3. The van der Waals surface area contributed by atoms with Crippen molar-refractivity contribution in [2.75, 3.05) is 13.5 Å². The topological polar surface area (TPSA) is 57.6 Å². The average Bonchev–Trinajstić information content (AvgIpc) is 2.18. The van der Waals surface area contributed by atoms with Gasteiger partial charge in [0.25, 0.3) is 0 Å². The van der Waals surface area contributed by atoms with E-state index in [4.69, 9.17) is 5.11 Å². The van der Waals surface area contributed by atoms with Gasteiger partial charge in [0.15, 0.2) is 0 Å². The van der Waals surface area contributed by atoms with Crippen molar-refractivity contribution in [3.63, 3.8) is 0 Å². The molecule has 0 saturated heterocycles. The third kappa shape index (κ3) is 3.63. The van der Waals surface area contributed by atoms with Crippen molar-refractivity contribution < 1.29 is 14.6 Å². The molecule has 1 rings (SSSR count). The number of benzene rings is 1. The summed E-state index contributed by atoms with van der Waals surface area (Å²) in [5.74, 6) is -0.935. The van der Waals surface area contributed by atoms with E-state index in [1.807, 2.05) is 18.0 Å². The Kier molecular flexibility index (Phi) is 4.18. The van der Waals surface area contributed by atoms with Crippen molar-refractivity contribution in [1.82, 2.24) is 4.90 Å². The third-order valence-corrected chi connectivity index (χ3v) is 2.01. The summed E-state index contributed by atoms with van der Waals surface area (Å²) < 4.78 is 10.2. The molecule has 0 aromatic heterocycles. The minimum absolute atomic E-state index is 0.270. The second-order valence-corrected chi connectivity index (χ2v) is 3.37. The quantitative estimate of drug-likeness (QED) is 0.723. The van der Waals surface area contributed by atoms with E-state index in [0.717, 1.165) is 12.7 Å². The first-order valence-electron chi connectivity index (χ1n) is 4.58. The molecule has 0 unspecified atom stereocenters. The Morgan fingerprint density at radius 3 is 2.87 bits per heavy atom. The molecule has 1 aromatic rings. The van der Waals surface area contributed by atoms with Crippen LogP contribution in [0, 0.1) is 0 Å². The normalized spacial score (nSPS) is 10.0. The van der Waals surface area contributed by atoms with Gasteiger partial charge in [-0.1, -0.05) is 0 Å². The summed E-state index contributed by atoms with van der Waals surface area (Å²) in [4.78, 5) is 12.5. The van der Waals surface area contributed by atoms with Crippen LogP contribution in [0.3, 0.4) is 0 Å². The molecule has 15 heavy (non-hydrogen) atoms. The molecule has 0 amide bonds. The summed E-state index contributed by atoms with van der Waals surface area (Å²) in [5.41, 5.74) is 1.16. The molecule has 0 radical (unpaired) electrons. The number of hydrogen-bond acceptors (Lipinski definition) is 3. The molecule has 0 aliphatic rings. The fraction of sp³-hybridized carbons (Fsp3) is 0.300. The Hall–Kier alpha value is -1.49. The van der Waals surface area contributed by atoms with E-state index in [2.05, 4.69) is 0 Å². The summed E-state index contributed by atoms with van der Waals surface area (Å²) in [6.07, 6.45) is 0.345. The summed E-state index contributed by atoms with van der Waals surface area (Å²) in [6, 6.07) is 6.70. The molecule has 1 N–H and O–H groups in total. The van der Waals surface area contributed by atoms with Gasteiger partial charge in [-0.05, 0) is 0 Å². The van der Waals surface area contributed by atoms with Crippen LogP contribution in [-0.4, -0.2) is 36.6 Å². The molecule has 5 heteroatoms. The molecule has 0 bridgehead atoms. The zero-order valence-electron chi connectivity index (χ0n) is 8.51. The number of aromatic carboxylic acids is 1. The molecule has 0 aliphatic heterocycles. The fourth-order valence-electron chi connectivity index (χ4n) is 1.31. The fourth-order valence-corrected chi connectivity index (χ4v) is 1.31. The van der Waals surface area contributed by atoms with E-state index in [0.29, 0.717) is 13.0 Å². The first kappa shape index (κ1) is 11.6. The molecule has 1 aromatic carbocycles. The van der Waals surface area contributed by atoms with Gasteiger partial charge < -0.3 is 0 Å². The third-order valence-electron chi connectivity index (χ3n) is 2.01. The molecule has 0 aliphatic carbocycles. The Bertz CT molecular complexity index is 367. The second kappa shape index (κ2) is 5.41. The van der Waals surface area contributed by atoms with Crippen LogP contribution in [0.1, 0.15) is 15.9 Å². The van der Waals surface area contributed by atoms with Gasteiger partial charge in [-0.3, -0.25) is 0 Å². The predicted octanol–water partition coefficient (Wildman–Crippen LogP) is 0.824. The van der Waals surface area contributed by atoms with E-state index in [9.17, 15) is 9.50 Å². The van der Waals surface area contributed by atoms with Crippen LogP contribution in [0.4, 0.5) is 0 Å². The zero-order valence-corrected chi connectivity index (χ0v) is 8.51. The van der Waals surface area contributed by atoms with Crippen molar-refractivity contribution in [3.05, 3.63) is 35.4 Å². The van der Waals surface area contributed by atoms with Gasteiger partial charge in [0, 0.05) is 0 Å². The van der Waals surface area contributed by atoms with Crippen LogP contribution < -0.4 is 0 Å².